The van der Waals surface area contributed by atoms with Crippen LogP contribution < -0.4 is 5.32 Å². The van der Waals surface area contributed by atoms with Gasteiger partial charge < -0.3 is 14.7 Å². The average molecular weight is 441 g/mol. The number of amides is 2. The molecule has 0 aliphatic heterocycles. The second-order valence-corrected chi connectivity index (χ2v) is 7.60. The number of aromatic nitrogens is 2. The maximum atomic E-state index is 12.4. The molecule has 1 heterocycles. The Labute approximate surface area is 192 Å². The third-order valence-electron chi connectivity index (χ3n) is 5.20. The Balaban J connectivity index is 1.31. The van der Waals surface area contributed by atoms with Crippen LogP contribution in [0.25, 0.3) is 11.5 Å². The monoisotopic (exact) mass is 440 g/mol. The van der Waals surface area contributed by atoms with E-state index in [1.165, 1.54) is 0 Å². The number of benzene rings is 3. The molecule has 0 atom stereocenters. The molecule has 7 nitrogen and oxygen atoms in total. The van der Waals surface area contributed by atoms with Crippen LogP contribution in [0.2, 0.25) is 0 Å². The molecule has 0 spiro atoms. The van der Waals surface area contributed by atoms with Gasteiger partial charge in [-0.05, 0) is 42.0 Å². The van der Waals surface area contributed by atoms with Gasteiger partial charge in [0.2, 0.25) is 0 Å². The van der Waals surface area contributed by atoms with Crippen molar-refractivity contribution in [2.75, 3.05) is 13.6 Å². The van der Waals surface area contributed by atoms with E-state index < -0.39 is 0 Å². The molecule has 7 heteroatoms. The number of rotatable bonds is 8. The minimum atomic E-state index is -0.150. The van der Waals surface area contributed by atoms with E-state index in [0.29, 0.717) is 42.4 Å². The summed E-state index contributed by atoms with van der Waals surface area (Å²) in [5.41, 5.74) is 2.95. The zero-order valence-corrected chi connectivity index (χ0v) is 18.3. The predicted molar refractivity (Wildman–Crippen MR) is 124 cm³/mol. The Morgan fingerprint density at radius 1 is 0.879 bits per heavy atom. The number of hydrogen-bond acceptors (Lipinski definition) is 5. The third-order valence-corrected chi connectivity index (χ3v) is 5.20. The van der Waals surface area contributed by atoms with Crippen molar-refractivity contribution in [3.05, 3.63) is 107 Å². The lowest BCUT2D eigenvalue weighted by Crippen LogP contribution is -2.29. The average Bonchev–Trinajstić information content (AvgIpc) is 3.36. The molecule has 1 aromatic heterocycles. The molecule has 0 aliphatic carbocycles. The van der Waals surface area contributed by atoms with Crippen LogP contribution >= 0.6 is 0 Å². The highest BCUT2D eigenvalue weighted by atomic mass is 16.5. The van der Waals surface area contributed by atoms with E-state index in [1.54, 1.807) is 48.3 Å². The topological polar surface area (TPSA) is 88.3 Å². The van der Waals surface area contributed by atoms with Crippen LogP contribution in [-0.2, 0) is 13.0 Å². The number of carbonyl (C=O) groups is 2. The molecule has 166 valence electrons. The molecule has 0 unspecified atom stereocenters. The van der Waals surface area contributed by atoms with Crippen LogP contribution in [0, 0.1) is 0 Å². The molecule has 4 rings (SSSR count). The summed E-state index contributed by atoms with van der Waals surface area (Å²) in [4.78, 5) is 30.9. The van der Waals surface area contributed by atoms with Crippen LogP contribution in [0.3, 0.4) is 0 Å². The van der Waals surface area contributed by atoms with Crippen molar-refractivity contribution in [2.45, 2.75) is 13.0 Å². The predicted octanol–water partition coefficient (Wildman–Crippen LogP) is 3.98. The molecule has 33 heavy (non-hydrogen) atoms. The molecule has 2 amide bonds. The first-order valence-electron chi connectivity index (χ1n) is 10.7. The zero-order chi connectivity index (χ0) is 23.0. The zero-order valence-electron chi connectivity index (χ0n) is 18.3. The van der Waals surface area contributed by atoms with E-state index >= 15 is 0 Å². The van der Waals surface area contributed by atoms with Crippen LogP contribution in [0.5, 0.6) is 0 Å². The van der Waals surface area contributed by atoms with Crippen LogP contribution in [0.4, 0.5) is 0 Å². The standard InChI is InChI=1S/C26H24N4O3/c1-30(26(32)22-10-6-3-7-11-22)17-16-23-28-25(33-29-23)21-14-12-20(13-15-21)24(31)27-18-19-8-4-2-5-9-19/h2-15H,16-18H2,1H3,(H,27,31). The molecule has 0 bridgehead atoms. The van der Waals surface area contributed by atoms with E-state index in [2.05, 4.69) is 15.5 Å². The number of nitrogens with zero attached hydrogens (tertiary/aromatic N) is 3. The minimum Gasteiger partial charge on any atom is -0.348 e. The summed E-state index contributed by atoms with van der Waals surface area (Å²) in [5, 5.41) is 6.92. The summed E-state index contributed by atoms with van der Waals surface area (Å²) >= 11 is 0. The fraction of sp³-hybridized carbons (Fsp3) is 0.154. The molecule has 0 radical (unpaired) electrons. The Morgan fingerprint density at radius 2 is 1.55 bits per heavy atom. The summed E-state index contributed by atoms with van der Waals surface area (Å²) in [6.07, 6.45) is 0.471. The van der Waals surface area contributed by atoms with Gasteiger partial charge in [0.15, 0.2) is 5.82 Å². The van der Waals surface area contributed by atoms with Crippen molar-refractivity contribution in [1.29, 1.82) is 0 Å². The molecule has 1 N–H and O–H groups in total. The first-order chi connectivity index (χ1) is 16.1. The molecule has 3 aromatic carbocycles. The maximum absolute atomic E-state index is 12.4. The lowest BCUT2D eigenvalue weighted by Gasteiger charge is -2.15. The highest BCUT2D eigenvalue weighted by molar-refractivity contribution is 5.94. The Kier molecular flexibility index (Phi) is 6.90. The summed E-state index contributed by atoms with van der Waals surface area (Å²) in [6.45, 7) is 0.933. The molecule has 4 aromatic rings. The van der Waals surface area contributed by atoms with Gasteiger partial charge in [0.25, 0.3) is 17.7 Å². The first kappa shape index (κ1) is 22.0. The maximum Gasteiger partial charge on any atom is 0.257 e. The molecule has 0 saturated heterocycles. The van der Waals surface area contributed by atoms with Gasteiger partial charge in [-0.1, -0.05) is 53.7 Å². The fourth-order valence-corrected chi connectivity index (χ4v) is 3.29. The van der Waals surface area contributed by atoms with Crippen molar-refractivity contribution in [3.63, 3.8) is 0 Å². The first-order valence-corrected chi connectivity index (χ1v) is 10.7. The SMILES string of the molecule is CN(CCc1noc(-c2ccc(C(=O)NCc3ccccc3)cc2)n1)C(=O)c1ccccc1. The number of likely N-dealkylation sites (N-methyl/N-ethyl adjacent to an activating group) is 1. The highest BCUT2D eigenvalue weighted by Gasteiger charge is 2.14. The van der Waals surface area contributed by atoms with Gasteiger partial charge in [0.1, 0.15) is 0 Å². The lowest BCUT2D eigenvalue weighted by molar-refractivity contribution is 0.0795. The van der Waals surface area contributed by atoms with Crippen molar-refractivity contribution in [2.24, 2.45) is 0 Å². The molecular formula is C26H24N4O3. The van der Waals surface area contributed by atoms with Crippen LogP contribution in [0.1, 0.15) is 32.1 Å². The Morgan fingerprint density at radius 3 is 2.24 bits per heavy atom. The Bertz CT molecular complexity index is 1210. The largest absolute Gasteiger partial charge is 0.348 e. The van der Waals surface area contributed by atoms with E-state index in [1.807, 2.05) is 48.5 Å². The smallest absolute Gasteiger partial charge is 0.257 e. The Hall–Kier alpha value is -4.26. The van der Waals surface area contributed by atoms with E-state index in [0.717, 1.165) is 11.1 Å². The second kappa shape index (κ2) is 10.4. The molecule has 0 fully saturated rings. The van der Waals surface area contributed by atoms with E-state index in [-0.39, 0.29) is 11.8 Å². The quantitative estimate of drug-likeness (QED) is 0.448. The van der Waals surface area contributed by atoms with E-state index in [9.17, 15) is 9.59 Å². The summed E-state index contributed by atoms with van der Waals surface area (Å²) < 4.78 is 5.37. The second-order valence-electron chi connectivity index (χ2n) is 7.60. The highest BCUT2D eigenvalue weighted by Crippen LogP contribution is 2.18. The van der Waals surface area contributed by atoms with Crippen LogP contribution in [-0.4, -0.2) is 40.4 Å². The molecular weight excluding hydrogens is 416 g/mol. The van der Waals surface area contributed by atoms with Crippen molar-refractivity contribution in [1.82, 2.24) is 20.4 Å². The van der Waals surface area contributed by atoms with Crippen molar-refractivity contribution < 1.29 is 14.1 Å². The van der Waals surface area contributed by atoms with Gasteiger partial charge in [0, 0.05) is 43.2 Å². The fourth-order valence-electron chi connectivity index (χ4n) is 3.29. The van der Waals surface area contributed by atoms with Gasteiger partial charge in [0.05, 0.1) is 0 Å². The number of nitrogens with one attached hydrogen (secondary N) is 1. The van der Waals surface area contributed by atoms with Gasteiger partial charge in [-0.25, -0.2) is 0 Å². The van der Waals surface area contributed by atoms with E-state index in [4.69, 9.17) is 4.52 Å². The van der Waals surface area contributed by atoms with Gasteiger partial charge in [-0.15, -0.1) is 0 Å². The summed E-state index contributed by atoms with van der Waals surface area (Å²) in [6, 6.07) is 25.9. The van der Waals surface area contributed by atoms with Crippen LogP contribution in [0.15, 0.2) is 89.5 Å². The number of hydrogen-bond donors (Lipinski definition) is 1. The van der Waals surface area contributed by atoms with Crippen molar-refractivity contribution >= 4 is 11.8 Å². The van der Waals surface area contributed by atoms with Gasteiger partial charge in [-0.3, -0.25) is 9.59 Å². The molecule has 0 aliphatic rings. The normalized spacial score (nSPS) is 10.6. The third kappa shape index (κ3) is 5.71. The number of carbonyl (C=O) groups excluding carboxylic acids is 2. The van der Waals surface area contributed by atoms with Gasteiger partial charge >= 0.3 is 0 Å². The summed E-state index contributed by atoms with van der Waals surface area (Å²) in [7, 11) is 1.75. The molecule has 0 saturated carbocycles. The lowest BCUT2D eigenvalue weighted by atomic mass is 10.1. The minimum absolute atomic E-state index is 0.0551. The summed E-state index contributed by atoms with van der Waals surface area (Å²) in [5.74, 6) is 0.684. The van der Waals surface area contributed by atoms with Crippen molar-refractivity contribution in [3.8, 4) is 11.5 Å². The van der Waals surface area contributed by atoms with Gasteiger partial charge in [-0.2, -0.15) is 4.98 Å².